The Bertz CT molecular complexity index is 1360. The van der Waals surface area contributed by atoms with E-state index in [-0.39, 0.29) is 34.6 Å². The molecule has 2 N–H and O–H groups in total. The Hall–Kier alpha value is -3.65. The van der Waals surface area contributed by atoms with Gasteiger partial charge in [0.15, 0.2) is 17.8 Å². The summed E-state index contributed by atoms with van der Waals surface area (Å²) in [6.45, 7) is 3.33. The Kier molecular flexibility index (Phi) is 6.20. The Morgan fingerprint density at radius 3 is 2.70 bits per heavy atom. The third-order valence-corrected chi connectivity index (χ3v) is 5.68. The van der Waals surface area contributed by atoms with Gasteiger partial charge in [0.25, 0.3) is 11.8 Å². The summed E-state index contributed by atoms with van der Waals surface area (Å²) in [6.07, 6.45) is 0.399. The van der Waals surface area contributed by atoms with Gasteiger partial charge in [-0.05, 0) is 49.2 Å². The largest absolute Gasteiger partial charge is 0.484 e. The summed E-state index contributed by atoms with van der Waals surface area (Å²) < 4.78 is 24.3. The molecular formula is C24H20ClFN2O5. The Morgan fingerprint density at radius 2 is 1.97 bits per heavy atom. The maximum atomic E-state index is 13.4. The molecule has 1 aliphatic rings. The third-order valence-electron chi connectivity index (χ3n) is 5.37. The van der Waals surface area contributed by atoms with E-state index in [1.807, 2.05) is 6.92 Å². The average Bonchev–Trinajstić information content (AvgIpc) is 2.78. The van der Waals surface area contributed by atoms with Crippen LogP contribution in [0.2, 0.25) is 5.02 Å². The van der Waals surface area contributed by atoms with E-state index in [9.17, 15) is 18.8 Å². The van der Waals surface area contributed by atoms with Crippen molar-refractivity contribution in [3.05, 3.63) is 86.1 Å². The maximum absolute atomic E-state index is 13.4. The predicted octanol–water partition coefficient (Wildman–Crippen LogP) is 3.87. The summed E-state index contributed by atoms with van der Waals surface area (Å²) in [4.78, 5) is 37.0. The fourth-order valence-corrected chi connectivity index (χ4v) is 3.55. The summed E-state index contributed by atoms with van der Waals surface area (Å²) in [5, 5.41) is 5.89. The second-order valence-corrected chi connectivity index (χ2v) is 8.19. The summed E-state index contributed by atoms with van der Waals surface area (Å²) in [6, 6.07) is 9.94. The number of hydrogen-bond donors (Lipinski definition) is 2. The first kappa shape index (κ1) is 22.5. The lowest BCUT2D eigenvalue weighted by atomic mass is 9.89. The molecule has 0 aliphatic heterocycles. The first-order valence-electron chi connectivity index (χ1n) is 10.1. The molecule has 1 aliphatic carbocycles. The van der Waals surface area contributed by atoms with E-state index in [0.717, 1.165) is 17.2 Å². The molecule has 0 saturated heterocycles. The van der Waals surface area contributed by atoms with E-state index in [1.165, 1.54) is 18.2 Å². The van der Waals surface area contributed by atoms with Gasteiger partial charge in [0, 0.05) is 24.3 Å². The monoisotopic (exact) mass is 470 g/mol. The number of nitrogens with one attached hydrogen (secondary N) is 2. The third kappa shape index (κ3) is 4.90. The second kappa shape index (κ2) is 9.07. The molecule has 7 nitrogen and oxygen atoms in total. The number of halogens is 2. The van der Waals surface area contributed by atoms with Crippen LogP contribution in [0.1, 0.15) is 29.5 Å². The normalized spacial score (nSPS) is 15.2. The molecule has 1 atom stereocenters. The van der Waals surface area contributed by atoms with E-state index in [2.05, 4.69) is 10.6 Å². The van der Waals surface area contributed by atoms with Gasteiger partial charge in [-0.15, -0.1) is 0 Å². The minimum atomic E-state index is -0.636. The van der Waals surface area contributed by atoms with E-state index in [1.54, 1.807) is 25.1 Å². The van der Waals surface area contributed by atoms with Gasteiger partial charge < -0.3 is 19.8 Å². The summed E-state index contributed by atoms with van der Waals surface area (Å²) >= 11 is 5.62. The number of carbonyl (C=O) groups excluding carboxylic acids is 2. The van der Waals surface area contributed by atoms with Gasteiger partial charge in [-0.3, -0.25) is 14.4 Å². The predicted molar refractivity (Wildman–Crippen MR) is 121 cm³/mol. The number of ether oxygens (including phenoxy) is 1. The second-order valence-electron chi connectivity index (χ2n) is 7.78. The minimum absolute atomic E-state index is 0.0341. The van der Waals surface area contributed by atoms with Gasteiger partial charge in [0.05, 0.1) is 16.5 Å². The van der Waals surface area contributed by atoms with E-state index in [0.29, 0.717) is 23.1 Å². The Morgan fingerprint density at radius 1 is 1.18 bits per heavy atom. The summed E-state index contributed by atoms with van der Waals surface area (Å²) in [5.74, 6) is -1.46. The van der Waals surface area contributed by atoms with Crippen LogP contribution in [-0.2, 0) is 4.79 Å². The van der Waals surface area contributed by atoms with Gasteiger partial charge in [-0.1, -0.05) is 17.7 Å². The van der Waals surface area contributed by atoms with Crippen LogP contribution in [0, 0.1) is 12.7 Å². The summed E-state index contributed by atoms with van der Waals surface area (Å²) in [7, 11) is 0. The molecule has 3 aromatic rings. The number of amides is 2. The van der Waals surface area contributed by atoms with Crippen molar-refractivity contribution in [2.24, 2.45) is 0 Å². The van der Waals surface area contributed by atoms with Crippen molar-refractivity contribution in [1.82, 2.24) is 10.6 Å². The van der Waals surface area contributed by atoms with Crippen LogP contribution in [0.4, 0.5) is 4.39 Å². The number of fused-ring (bicyclic) bond motifs is 1. The van der Waals surface area contributed by atoms with Crippen LogP contribution in [-0.4, -0.2) is 24.5 Å². The molecule has 1 heterocycles. The van der Waals surface area contributed by atoms with Crippen LogP contribution < -0.4 is 20.8 Å². The highest BCUT2D eigenvalue weighted by Gasteiger charge is 2.30. The average molecular weight is 471 g/mol. The van der Waals surface area contributed by atoms with Crippen molar-refractivity contribution in [3.8, 4) is 5.75 Å². The van der Waals surface area contributed by atoms with Gasteiger partial charge >= 0.3 is 0 Å². The summed E-state index contributed by atoms with van der Waals surface area (Å²) in [5.41, 5.74) is 2.39. The fourth-order valence-electron chi connectivity index (χ4n) is 3.43. The fraction of sp³-hybridized carbons (Fsp3) is 0.208. The van der Waals surface area contributed by atoms with Crippen LogP contribution >= 0.6 is 11.6 Å². The standard InChI is InChI=1S/C24H20ClFN2O5/c1-12-3-5-15-20(29)10-22(33-21(15)7-12)24(31)28-19-9-18(13(19)2)27-23(30)11-32-14-4-6-16(25)17(26)8-14/h3-8,10,19H,9,11H2,1-2H3,(H,27,30)(H,28,31). The SMILES string of the molecule is CC1=C(NC(=O)COc2ccc(Cl)c(F)c2)CC1NC(=O)c1cc(=O)c2ccc(C)cc2o1. The molecule has 33 heavy (non-hydrogen) atoms. The lowest BCUT2D eigenvalue weighted by molar-refractivity contribution is -0.122. The first-order valence-corrected chi connectivity index (χ1v) is 10.5. The molecular weight excluding hydrogens is 451 g/mol. The van der Waals surface area contributed by atoms with Crippen molar-refractivity contribution in [1.29, 1.82) is 0 Å². The zero-order chi connectivity index (χ0) is 23.7. The molecule has 1 unspecified atom stereocenters. The Balaban J connectivity index is 1.35. The van der Waals surface area contributed by atoms with Crippen LogP contribution in [0.5, 0.6) is 5.75 Å². The Labute approximate surface area is 193 Å². The molecule has 0 bridgehead atoms. The van der Waals surface area contributed by atoms with Crippen molar-refractivity contribution in [3.63, 3.8) is 0 Å². The number of aryl methyl sites for hydroxylation is 1. The van der Waals surface area contributed by atoms with E-state index in [4.69, 9.17) is 20.8 Å². The quantitative estimate of drug-likeness (QED) is 0.570. The number of hydrogen-bond acceptors (Lipinski definition) is 5. The smallest absolute Gasteiger partial charge is 0.287 e. The first-order chi connectivity index (χ1) is 15.7. The van der Waals surface area contributed by atoms with E-state index >= 15 is 0 Å². The number of carbonyl (C=O) groups is 2. The molecule has 4 rings (SSSR count). The lowest BCUT2D eigenvalue weighted by Crippen LogP contribution is -2.46. The van der Waals surface area contributed by atoms with Gasteiger partial charge in [-0.25, -0.2) is 4.39 Å². The van der Waals surface area contributed by atoms with E-state index < -0.39 is 17.6 Å². The molecule has 0 spiro atoms. The minimum Gasteiger partial charge on any atom is -0.484 e. The molecule has 2 aromatic carbocycles. The molecule has 0 saturated carbocycles. The number of benzene rings is 2. The van der Waals surface area contributed by atoms with Crippen molar-refractivity contribution >= 4 is 34.4 Å². The molecule has 9 heteroatoms. The molecule has 170 valence electrons. The maximum Gasteiger partial charge on any atom is 0.287 e. The van der Waals surface area contributed by atoms with Crippen LogP contribution in [0.25, 0.3) is 11.0 Å². The molecule has 0 fully saturated rings. The van der Waals surface area contributed by atoms with Crippen LogP contribution in [0.15, 0.2) is 62.9 Å². The molecule has 1 aromatic heterocycles. The zero-order valence-corrected chi connectivity index (χ0v) is 18.6. The molecule has 2 amide bonds. The van der Waals surface area contributed by atoms with Gasteiger partial charge in [0.2, 0.25) is 0 Å². The van der Waals surface area contributed by atoms with Gasteiger partial charge in [-0.2, -0.15) is 0 Å². The zero-order valence-electron chi connectivity index (χ0n) is 17.8. The van der Waals surface area contributed by atoms with Gasteiger partial charge in [0.1, 0.15) is 17.1 Å². The van der Waals surface area contributed by atoms with Crippen LogP contribution in [0.3, 0.4) is 0 Å². The molecule has 0 radical (unpaired) electrons. The number of rotatable bonds is 6. The highest BCUT2D eigenvalue weighted by Crippen LogP contribution is 2.26. The van der Waals surface area contributed by atoms with Crippen molar-refractivity contribution < 1.29 is 23.1 Å². The highest BCUT2D eigenvalue weighted by molar-refractivity contribution is 6.30. The van der Waals surface area contributed by atoms with Crippen molar-refractivity contribution in [2.75, 3.05) is 6.61 Å². The topological polar surface area (TPSA) is 97.6 Å². The highest BCUT2D eigenvalue weighted by atomic mass is 35.5. The van der Waals surface area contributed by atoms with Crippen molar-refractivity contribution in [2.45, 2.75) is 26.3 Å². The lowest BCUT2D eigenvalue weighted by Gasteiger charge is -2.32.